The summed E-state index contributed by atoms with van der Waals surface area (Å²) >= 11 is 3.09. The van der Waals surface area contributed by atoms with E-state index in [2.05, 4.69) is 47.1 Å². The quantitative estimate of drug-likeness (QED) is 0.848. The summed E-state index contributed by atoms with van der Waals surface area (Å²) in [6.45, 7) is 4.13. The van der Waals surface area contributed by atoms with Gasteiger partial charge in [0.05, 0.1) is 5.69 Å². The number of aromatic nitrogens is 1. The lowest BCUT2D eigenvalue weighted by atomic mass is 10.1. The first kappa shape index (κ1) is 14.6. The highest BCUT2D eigenvalue weighted by Gasteiger charge is 2.39. The molecule has 1 aliphatic rings. The number of nitrogens with zero attached hydrogens (tertiary/aromatic N) is 1. The molecule has 1 fully saturated rings. The molecule has 1 aromatic carbocycles. The van der Waals surface area contributed by atoms with Gasteiger partial charge in [-0.15, -0.1) is 11.8 Å². The molecule has 0 saturated heterocycles. The monoisotopic (exact) mass is 318 g/mol. The van der Waals surface area contributed by atoms with Gasteiger partial charge < -0.3 is 5.32 Å². The van der Waals surface area contributed by atoms with Crippen molar-refractivity contribution >= 4 is 34.2 Å². The lowest BCUT2D eigenvalue weighted by Crippen LogP contribution is -2.14. The highest BCUT2D eigenvalue weighted by Crippen LogP contribution is 2.40. The maximum atomic E-state index is 12.0. The lowest BCUT2D eigenvalue weighted by Gasteiger charge is -2.04. The zero-order valence-corrected chi connectivity index (χ0v) is 14.0. The minimum Gasteiger partial charge on any atom is -0.316 e. The Kier molecular flexibility index (Phi) is 4.04. The van der Waals surface area contributed by atoms with Gasteiger partial charge in [-0.25, -0.2) is 0 Å². The summed E-state index contributed by atoms with van der Waals surface area (Å²) in [6, 6.07) is 8.37. The number of rotatable bonds is 4. The first-order chi connectivity index (χ1) is 10.1. The fourth-order valence-corrected chi connectivity index (χ4v) is 3.58. The van der Waals surface area contributed by atoms with Crippen molar-refractivity contribution in [3.8, 4) is 11.3 Å². The number of carbonyl (C=O) groups is 1. The maximum absolute atomic E-state index is 12.0. The van der Waals surface area contributed by atoms with Gasteiger partial charge in [0, 0.05) is 21.9 Å². The van der Waals surface area contributed by atoms with Crippen LogP contribution in [0.15, 0.2) is 29.2 Å². The van der Waals surface area contributed by atoms with E-state index < -0.39 is 0 Å². The summed E-state index contributed by atoms with van der Waals surface area (Å²) in [5.41, 5.74) is 3.12. The van der Waals surface area contributed by atoms with Crippen molar-refractivity contribution < 1.29 is 4.79 Å². The number of amides is 1. The van der Waals surface area contributed by atoms with Crippen LogP contribution >= 0.6 is 23.3 Å². The third-order valence-electron chi connectivity index (χ3n) is 3.97. The highest BCUT2D eigenvalue weighted by atomic mass is 32.2. The van der Waals surface area contributed by atoms with Crippen LogP contribution < -0.4 is 5.32 Å². The Hall–Kier alpha value is -1.33. The molecule has 3 rings (SSSR count). The van der Waals surface area contributed by atoms with Crippen molar-refractivity contribution in [3.05, 3.63) is 29.8 Å². The molecule has 1 amide bonds. The van der Waals surface area contributed by atoms with E-state index in [9.17, 15) is 4.79 Å². The predicted octanol–water partition coefficient (Wildman–Crippen LogP) is 4.43. The van der Waals surface area contributed by atoms with Crippen LogP contribution in [0.1, 0.15) is 18.9 Å². The largest absolute Gasteiger partial charge is 0.316 e. The van der Waals surface area contributed by atoms with E-state index in [1.165, 1.54) is 16.4 Å². The Bertz CT molecular complexity index is 663. The van der Waals surface area contributed by atoms with Crippen LogP contribution in [-0.4, -0.2) is 16.5 Å². The van der Waals surface area contributed by atoms with Gasteiger partial charge in [0.1, 0.15) is 5.00 Å². The van der Waals surface area contributed by atoms with Crippen LogP contribution in [0.25, 0.3) is 11.3 Å². The number of carbonyl (C=O) groups excluding carboxylic acids is 1. The van der Waals surface area contributed by atoms with Crippen LogP contribution in [0.3, 0.4) is 0 Å². The van der Waals surface area contributed by atoms with E-state index in [1.807, 2.05) is 6.92 Å². The van der Waals surface area contributed by atoms with E-state index >= 15 is 0 Å². The van der Waals surface area contributed by atoms with Gasteiger partial charge in [-0.2, -0.15) is 4.37 Å². The molecular weight excluding hydrogens is 300 g/mol. The molecule has 1 aromatic heterocycles. The van der Waals surface area contributed by atoms with E-state index in [0.717, 1.165) is 28.2 Å². The molecule has 0 bridgehead atoms. The maximum Gasteiger partial charge on any atom is 0.228 e. The van der Waals surface area contributed by atoms with Crippen LogP contribution in [0.4, 0.5) is 5.00 Å². The van der Waals surface area contributed by atoms with Gasteiger partial charge in [0.2, 0.25) is 5.91 Å². The van der Waals surface area contributed by atoms with Gasteiger partial charge in [-0.1, -0.05) is 19.1 Å². The second-order valence-electron chi connectivity index (χ2n) is 5.52. The fourth-order valence-electron chi connectivity index (χ4n) is 2.36. The van der Waals surface area contributed by atoms with Crippen LogP contribution in [0, 0.1) is 18.8 Å². The topological polar surface area (TPSA) is 42.0 Å². The van der Waals surface area contributed by atoms with E-state index in [-0.39, 0.29) is 11.8 Å². The summed E-state index contributed by atoms with van der Waals surface area (Å²) in [5, 5.41) is 3.91. The summed E-state index contributed by atoms with van der Waals surface area (Å²) < 4.78 is 4.51. The number of nitrogens with one attached hydrogen (secondary N) is 1. The molecule has 5 heteroatoms. The number of hydrogen-bond donors (Lipinski definition) is 1. The van der Waals surface area contributed by atoms with Gasteiger partial charge in [0.25, 0.3) is 0 Å². The van der Waals surface area contributed by atoms with Crippen LogP contribution in [0.5, 0.6) is 0 Å². The molecule has 0 aliphatic heterocycles. The van der Waals surface area contributed by atoms with Crippen molar-refractivity contribution in [2.75, 3.05) is 11.6 Å². The van der Waals surface area contributed by atoms with E-state index in [4.69, 9.17) is 0 Å². The lowest BCUT2D eigenvalue weighted by molar-refractivity contribution is -0.117. The minimum atomic E-state index is 0.138. The van der Waals surface area contributed by atoms with Crippen molar-refractivity contribution in [1.29, 1.82) is 0 Å². The molecule has 2 atom stereocenters. The van der Waals surface area contributed by atoms with Crippen molar-refractivity contribution in [2.24, 2.45) is 11.8 Å². The Morgan fingerprint density at radius 2 is 2.05 bits per heavy atom. The van der Waals surface area contributed by atoms with Crippen LogP contribution in [0.2, 0.25) is 0 Å². The standard InChI is InChI=1S/C16H18N2OS2/c1-9-8-13(9)15(19)17-16-10(2)14(18-21-16)11-4-6-12(20-3)7-5-11/h4-7,9,13H,8H2,1-3H3,(H,17,19)/t9?,13-/m1/s1. The van der Waals surface area contributed by atoms with Gasteiger partial charge in [-0.3, -0.25) is 4.79 Å². The minimum absolute atomic E-state index is 0.138. The van der Waals surface area contributed by atoms with Crippen molar-refractivity contribution in [3.63, 3.8) is 0 Å². The second kappa shape index (κ2) is 5.81. The molecular formula is C16H18N2OS2. The Morgan fingerprint density at radius 3 is 2.62 bits per heavy atom. The zero-order chi connectivity index (χ0) is 15.0. The molecule has 2 aromatic rings. The molecule has 3 nitrogen and oxygen atoms in total. The summed E-state index contributed by atoms with van der Waals surface area (Å²) in [5.74, 6) is 0.853. The molecule has 1 aliphatic carbocycles. The second-order valence-corrected chi connectivity index (χ2v) is 7.18. The Balaban J connectivity index is 1.79. The number of thioether (sulfide) groups is 1. The normalized spacial score (nSPS) is 20.3. The van der Waals surface area contributed by atoms with E-state index in [0.29, 0.717) is 5.92 Å². The van der Waals surface area contributed by atoms with Gasteiger partial charge in [0.15, 0.2) is 0 Å². The fraction of sp³-hybridized carbons (Fsp3) is 0.375. The summed E-state index contributed by atoms with van der Waals surface area (Å²) in [4.78, 5) is 13.3. The first-order valence-electron chi connectivity index (χ1n) is 7.01. The smallest absolute Gasteiger partial charge is 0.228 e. The molecule has 1 heterocycles. The number of hydrogen-bond acceptors (Lipinski definition) is 4. The molecule has 110 valence electrons. The van der Waals surface area contributed by atoms with Gasteiger partial charge >= 0.3 is 0 Å². The Morgan fingerprint density at radius 1 is 1.38 bits per heavy atom. The molecule has 1 unspecified atom stereocenters. The molecule has 1 N–H and O–H groups in total. The zero-order valence-electron chi connectivity index (χ0n) is 12.3. The third kappa shape index (κ3) is 2.99. The predicted molar refractivity (Wildman–Crippen MR) is 90.0 cm³/mol. The van der Waals surface area contributed by atoms with Gasteiger partial charge in [-0.05, 0) is 49.2 Å². The Labute approximate surface area is 133 Å². The third-order valence-corrected chi connectivity index (χ3v) is 5.58. The van der Waals surface area contributed by atoms with Crippen molar-refractivity contribution in [1.82, 2.24) is 4.37 Å². The highest BCUT2D eigenvalue weighted by molar-refractivity contribution is 7.98. The van der Waals surface area contributed by atoms with E-state index in [1.54, 1.807) is 11.8 Å². The molecule has 0 spiro atoms. The van der Waals surface area contributed by atoms with Crippen molar-refractivity contribution in [2.45, 2.75) is 25.2 Å². The molecule has 1 saturated carbocycles. The number of benzene rings is 1. The van der Waals surface area contributed by atoms with Crippen LogP contribution in [-0.2, 0) is 4.79 Å². The summed E-state index contributed by atoms with van der Waals surface area (Å²) in [6.07, 6.45) is 3.07. The number of anilines is 1. The molecule has 0 radical (unpaired) electrons. The SMILES string of the molecule is CSc1ccc(-c2nsc(NC(=O)[C@@H]3CC3C)c2C)cc1. The average molecular weight is 318 g/mol. The summed E-state index contributed by atoms with van der Waals surface area (Å²) in [7, 11) is 0. The molecule has 21 heavy (non-hydrogen) atoms. The average Bonchev–Trinajstić information content (AvgIpc) is 3.13. The first-order valence-corrected chi connectivity index (χ1v) is 9.01.